The summed E-state index contributed by atoms with van der Waals surface area (Å²) in [5.74, 6) is -0.408. The summed E-state index contributed by atoms with van der Waals surface area (Å²) in [6, 6.07) is 11.0. The summed E-state index contributed by atoms with van der Waals surface area (Å²) in [4.78, 5) is 32.0. The number of hydrogen-bond donors (Lipinski definition) is 3. The molecule has 0 spiro atoms. The quantitative estimate of drug-likeness (QED) is 0.621. The number of anilines is 1. The van der Waals surface area contributed by atoms with Gasteiger partial charge in [-0.25, -0.2) is 4.98 Å². The van der Waals surface area contributed by atoms with Gasteiger partial charge >= 0.3 is 0 Å². The lowest BCUT2D eigenvalue weighted by atomic mass is 9.98. The molecular formula is C19H15ClN4O2. The van der Waals surface area contributed by atoms with Gasteiger partial charge in [0.15, 0.2) is 5.15 Å². The van der Waals surface area contributed by atoms with Crippen LogP contribution in [-0.4, -0.2) is 28.3 Å². The van der Waals surface area contributed by atoms with Crippen LogP contribution in [0.1, 0.15) is 22.5 Å². The number of aromatic amines is 1. The lowest BCUT2D eigenvalue weighted by Gasteiger charge is -2.09. The molecule has 1 aliphatic heterocycles. The molecule has 0 unspecified atom stereocenters. The van der Waals surface area contributed by atoms with Crippen molar-refractivity contribution < 1.29 is 9.59 Å². The Kier molecular flexibility index (Phi) is 4.18. The van der Waals surface area contributed by atoms with Crippen LogP contribution in [0, 0.1) is 0 Å². The number of amides is 2. The molecule has 2 amide bonds. The summed E-state index contributed by atoms with van der Waals surface area (Å²) in [5, 5.41) is 6.74. The Morgan fingerprint density at radius 3 is 2.92 bits per heavy atom. The second kappa shape index (κ2) is 6.65. The Bertz CT molecular complexity index is 1050. The zero-order chi connectivity index (χ0) is 18.1. The van der Waals surface area contributed by atoms with Gasteiger partial charge in [0, 0.05) is 29.2 Å². The third-order valence-corrected chi connectivity index (χ3v) is 4.55. The Morgan fingerprint density at radius 2 is 2.08 bits per heavy atom. The van der Waals surface area contributed by atoms with Crippen LogP contribution in [0.5, 0.6) is 0 Å². The number of fused-ring (bicyclic) bond motifs is 3. The zero-order valence-electron chi connectivity index (χ0n) is 13.7. The first kappa shape index (κ1) is 16.4. The number of nitrogens with one attached hydrogen (secondary N) is 3. The fourth-order valence-corrected chi connectivity index (χ4v) is 3.28. The molecular weight excluding hydrogens is 352 g/mol. The van der Waals surface area contributed by atoms with Gasteiger partial charge in [0.1, 0.15) is 5.69 Å². The van der Waals surface area contributed by atoms with E-state index < -0.39 is 0 Å². The fourth-order valence-electron chi connectivity index (χ4n) is 3.11. The molecule has 3 heterocycles. The minimum atomic E-state index is -0.225. The van der Waals surface area contributed by atoms with Crippen molar-refractivity contribution in [1.82, 2.24) is 15.3 Å². The normalized spacial score (nSPS) is 13.6. The molecule has 7 heteroatoms. The zero-order valence-corrected chi connectivity index (χ0v) is 14.4. The van der Waals surface area contributed by atoms with Crippen LogP contribution < -0.4 is 10.6 Å². The number of nitrogens with zero attached hydrogens (tertiary/aromatic N) is 1. The number of H-pyrrole nitrogens is 1. The molecule has 6 nitrogen and oxygen atoms in total. The van der Waals surface area contributed by atoms with Crippen molar-refractivity contribution in [2.45, 2.75) is 6.42 Å². The van der Waals surface area contributed by atoms with Crippen LogP contribution in [0.15, 0.2) is 48.7 Å². The number of hydrogen-bond acceptors (Lipinski definition) is 3. The average Bonchev–Trinajstić information content (AvgIpc) is 2.95. The van der Waals surface area contributed by atoms with E-state index >= 15 is 0 Å². The molecule has 2 aromatic heterocycles. The van der Waals surface area contributed by atoms with E-state index in [4.69, 9.17) is 11.6 Å². The minimum Gasteiger partial charge on any atom is -0.350 e. The Hall–Kier alpha value is -3.12. The summed E-state index contributed by atoms with van der Waals surface area (Å²) >= 11 is 6.00. The lowest BCUT2D eigenvalue weighted by molar-refractivity contribution is -0.115. The highest BCUT2D eigenvalue weighted by Gasteiger charge is 2.24. The molecule has 0 bridgehead atoms. The summed E-state index contributed by atoms with van der Waals surface area (Å²) in [6.45, 7) is 0.367. The standard InChI is InChI=1S/C19H15ClN4O2/c20-18-14(6-3-8-21-18)23-15(25)10-11-7-9-22-19(26)17-16(11)12-4-1-2-5-13(12)24-17/h1-8,24H,9-10H2,(H,22,26)(H,23,25). The first-order valence-electron chi connectivity index (χ1n) is 8.12. The van der Waals surface area contributed by atoms with Gasteiger partial charge in [-0.05, 0) is 23.8 Å². The molecule has 1 aliphatic rings. The number of carbonyl (C=O) groups is 2. The largest absolute Gasteiger partial charge is 0.350 e. The highest BCUT2D eigenvalue weighted by atomic mass is 35.5. The summed E-state index contributed by atoms with van der Waals surface area (Å²) in [6.07, 6.45) is 3.55. The van der Waals surface area contributed by atoms with Crippen LogP contribution in [0.4, 0.5) is 5.69 Å². The Morgan fingerprint density at radius 1 is 1.23 bits per heavy atom. The van der Waals surface area contributed by atoms with Crippen molar-refractivity contribution in [2.24, 2.45) is 0 Å². The second-order valence-electron chi connectivity index (χ2n) is 5.93. The molecule has 3 aromatic rings. The maximum absolute atomic E-state index is 12.5. The van der Waals surface area contributed by atoms with E-state index in [1.165, 1.54) is 0 Å². The van der Waals surface area contributed by atoms with Crippen LogP contribution in [-0.2, 0) is 4.79 Å². The Balaban J connectivity index is 1.68. The van der Waals surface area contributed by atoms with E-state index in [1.54, 1.807) is 18.3 Å². The highest BCUT2D eigenvalue weighted by molar-refractivity contribution is 6.32. The molecule has 4 rings (SSSR count). The summed E-state index contributed by atoms with van der Waals surface area (Å²) in [7, 11) is 0. The molecule has 1 aromatic carbocycles. The molecule has 0 saturated carbocycles. The van der Waals surface area contributed by atoms with E-state index in [1.807, 2.05) is 30.3 Å². The van der Waals surface area contributed by atoms with Gasteiger partial charge in [-0.15, -0.1) is 0 Å². The van der Waals surface area contributed by atoms with Crippen molar-refractivity contribution in [1.29, 1.82) is 0 Å². The molecule has 3 N–H and O–H groups in total. The third-order valence-electron chi connectivity index (χ3n) is 4.25. The van der Waals surface area contributed by atoms with Gasteiger partial charge in [-0.2, -0.15) is 0 Å². The number of benzene rings is 1. The van der Waals surface area contributed by atoms with Crippen LogP contribution >= 0.6 is 11.6 Å². The monoisotopic (exact) mass is 366 g/mol. The van der Waals surface area contributed by atoms with E-state index in [0.29, 0.717) is 17.9 Å². The number of halogens is 1. The van der Waals surface area contributed by atoms with Crippen LogP contribution in [0.3, 0.4) is 0 Å². The molecule has 0 saturated heterocycles. The van der Waals surface area contributed by atoms with Gasteiger partial charge in [-0.1, -0.05) is 35.9 Å². The third kappa shape index (κ3) is 2.95. The maximum Gasteiger partial charge on any atom is 0.268 e. The van der Waals surface area contributed by atoms with Crippen LogP contribution in [0.2, 0.25) is 5.15 Å². The van der Waals surface area contributed by atoms with Crippen molar-refractivity contribution in [3.63, 3.8) is 0 Å². The van der Waals surface area contributed by atoms with Gasteiger partial charge in [0.05, 0.1) is 12.1 Å². The van der Waals surface area contributed by atoms with Crippen molar-refractivity contribution in [3.05, 3.63) is 65.1 Å². The van der Waals surface area contributed by atoms with E-state index in [-0.39, 0.29) is 23.4 Å². The van der Waals surface area contributed by atoms with Gasteiger partial charge < -0.3 is 15.6 Å². The topological polar surface area (TPSA) is 86.9 Å². The second-order valence-corrected chi connectivity index (χ2v) is 6.28. The molecule has 0 atom stereocenters. The molecule has 0 fully saturated rings. The summed E-state index contributed by atoms with van der Waals surface area (Å²) in [5.41, 5.74) is 3.34. The molecule has 130 valence electrons. The smallest absolute Gasteiger partial charge is 0.268 e. The number of aromatic nitrogens is 2. The highest BCUT2D eigenvalue weighted by Crippen LogP contribution is 2.32. The van der Waals surface area contributed by atoms with Gasteiger partial charge in [0.2, 0.25) is 5.91 Å². The van der Waals surface area contributed by atoms with Gasteiger partial charge in [0.25, 0.3) is 5.91 Å². The predicted octanol–water partition coefficient (Wildman–Crippen LogP) is 3.37. The first-order chi connectivity index (χ1) is 12.6. The fraction of sp³-hybridized carbons (Fsp3) is 0.105. The van der Waals surface area contributed by atoms with Crippen LogP contribution in [0.25, 0.3) is 16.5 Å². The number of para-hydroxylation sites is 1. The predicted molar refractivity (Wildman–Crippen MR) is 101 cm³/mol. The van der Waals surface area contributed by atoms with E-state index in [2.05, 4.69) is 20.6 Å². The Labute approximate surface area is 154 Å². The lowest BCUT2D eigenvalue weighted by Crippen LogP contribution is -2.22. The number of pyridine rings is 1. The van der Waals surface area contributed by atoms with Crippen molar-refractivity contribution >= 4 is 45.6 Å². The minimum absolute atomic E-state index is 0.120. The molecule has 26 heavy (non-hydrogen) atoms. The van der Waals surface area contributed by atoms with E-state index in [0.717, 1.165) is 22.0 Å². The van der Waals surface area contributed by atoms with Crippen molar-refractivity contribution in [3.8, 4) is 0 Å². The number of rotatable bonds is 3. The van der Waals surface area contributed by atoms with Gasteiger partial charge in [-0.3, -0.25) is 9.59 Å². The average molecular weight is 367 g/mol. The van der Waals surface area contributed by atoms with Crippen molar-refractivity contribution in [2.75, 3.05) is 11.9 Å². The first-order valence-corrected chi connectivity index (χ1v) is 8.50. The maximum atomic E-state index is 12.5. The SMILES string of the molecule is O=C(CC1=CCNC(=O)c2[nH]c3ccccc3c21)Nc1cccnc1Cl. The molecule has 0 aliphatic carbocycles. The summed E-state index contributed by atoms with van der Waals surface area (Å²) < 4.78 is 0. The number of carbonyl (C=O) groups excluding carboxylic acids is 2. The van der Waals surface area contributed by atoms with E-state index in [9.17, 15) is 9.59 Å². The molecule has 0 radical (unpaired) electrons.